The lowest BCUT2D eigenvalue weighted by Gasteiger charge is -2.09. The Hall–Kier alpha value is -1.73. The number of primary amides is 1. The number of amides is 1. The van der Waals surface area contributed by atoms with E-state index in [4.69, 9.17) is 11.5 Å². The molecule has 1 unspecified atom stereocenters. The maximum absolute atomic E-state index is 12.2. The van der Waals surface area contributed by atoms with Gasteiger partial charge in [0.1, 0.15) is 10.9 Å². The molecule has 0 fully saturated rings. The van der Waals surface area contributed by atoms with Crippen LogP contribution in [0.15, 0.2) is 11.1 Å². The van der Waals surface area contributed by atoms with Crippen LogP contribution >= 0.6 is 11.3 Å². The summed E-state index contributed by atoms with van der Waals surface area (Å²) in [4.78, 5) is 29.1. The Morgan fingerprint density at radius 1 is 1.56 bits per heavy atom. The zero-order chi connectivity index (χ0) is 13.4. The molecule has 96 valence electrons. The molecule has 0 aliphatic carbocycles. The van der Waals surface area contributed by atoms with Gasteiger partial charge < -0.3 is 11.5 Å². The summed E-state index contributed by atoms with van der Waals surface area (Å²) in [5.74, 6) is -0.639. The average Bonchev–Trinajstić information content (AvgIpc) is 2.59. The first-order valence-corrected chi connectivity index (χ1v) is 6.23. The van der Waals surface area contributed by atoms with E-state index in [0.29, 0.717) is 10.2 Å². The van der Waals surface area contributed by atoms with Crippen molar-refractivity contribution in [2.24, 2.45) is 11.5 Å². The van der Waals surface area contributed by atoms with Crippen LogP contribution in [0.2, 0.25) is 0 Å². The zero-order valence-corrected chi connectivity index (χ0v) is 11.0. The summed E-state index contributed by atoms with van der Waals surface area (Å²) in [5, 5.41) is 0.594. The van der Waals surface area contributed by atoms with Gasteiger partial charge in [0.25, 0.3) is 5.56 Å². The predicted molar refractivity (Wildman–Crippen MR) is 70.5 cm³/mol. The molecule has 0 radical (unpaired) electrons. The molecule has 2 aromatic rings. The summed E-state index contributed by atoms with van der Waals surface area (Å²) in [6.07, 6.45) is 1.41. The van der Waals surface area contributed by atoms with Crippen molar-refractivity contribution in [2.45, 2.75) is 26.4 Å². The number of rotatable bonds is 3. The molecule has 0 aliphatic heterocycles. The fourth-order valence-electron chi connectivity index (χ4n) is 1.70. The first kappa shape index (κ1) is 12.7. The van der Waals surface area contributed by atoms with Gasteiger partial charge in [-0.15, -0.1) is 11.3 Å². The largest absolute Gasteiger partial charge is 0.368 e. The van der Waals surface area contributed by atoms with Gasteiger partial charge in [-0.3, -0.25) is 14.2 Å². The van der Waals surface area contributed by atoms with Crippen LogP contribution in [-0.2, 0) is 11.3 Å². The van der Waals surface area contributed by atoms with E-state index in [1.54, 1.807) is 0 Å². The molecule has 6 nitrogen and oxygen atoms in total. The summed E-state index contributed by atoms with van der Waals surface area (Å²) in [7, 11) is 0. The van der Waals surface area contributed by atoms with E-state index in [0.717, 1.165) is 10.4 Å². The van der Waals surface area contributed by atoms with E-state index < -0.39 is 11.9 Å². The molecule has 2 heterocycles. The number of carbonyl (C=O) groups is 1. The van der Waals surface area contributed by atoms with E-state index in [2.05, 4.69) is 4.98 Å². The minimum Gasteiger partial charge on any atom is -0.368 e. The number of hydrogen-bond acceptors (Lipinski definition) is 5. The molecule has 0 saturated carbocycles. The van der Waals surface area contributed by atoms with Crippen molar-refractivity contribution in [3.8, 4) is 0 Å². The van der Waals surface area contributed by atoms with Crippen molar-refractivity contribution in [1.29, 1.82) is 0 Å². The second-order valence-electron chi connectivity index (χ2n) is 4.17. The van der Waals surface area contributed by atoms with Crippen molar-refractivity contribution in [1.82, 2.24) is 9.55 Å². The maximum atomic E-state index is 12.2. The number of aryl methyl sites for hydroxylation is 2. The normalized spacial score (nSPS) is 12.8. The molecule has 4 N–H and O–H groups in total. The SMILES string of the molecule is Cc1sc2ncn(CC(N)C(N)=O)c(=O)c2c1C. The fraction of sp³-hybridized carbons (Fsp3) is 0.364. The van der Waals surface area contributed by atoms with E-state index in [-0.39, 0.29) is 12.1 Å². The maximum Gasteiger partial charge on any atom is 0.262 e. The number of nitrogens with zero attached hydrogens (tertiary/aromatic N) is 2. The second-order valence-corrected chi connectivity index (χ2v) is 5.38. The molecule has 1 amide bonds. The second kappa shape index (κ2) is 4.51. The van der Waals surface area contributed by atoms with Crippen molar-refractivity contribution < 1.29 is 4.79 Å². The number of fused-ring (bicyclic) bond motifs is 1. The summed E-state index contributed by atoms with van der Waals surface area (Å²) in [6, 6.07) is -0.887. The van der Waals surface area contributed by atoms with Crippen molar-refractivity contribution >= 4 is 27.5 Å². The van der Waals surface area contributed by atoms with Crippen LogP contribution in [0.5, 0.6) is 0 Å². The predicted octanol–water partition coefficient (Wildman–Crippen LogP) is -0.113. The van der Waals surface area contributed by atoms with E-state index >= 15 is 0 Å². The lowest BCUT2D eigenvalue weighted by molar-refractivity contribution is -0.119. The minimum atomic E-state index is -0.887. The van der Waals surface area contributed by atoms with Crippen LogP contribution in [0, 0.1) is 13.8 Å². The third kappa shape index (κ3) is 2.02. The molecular formula is C11H14N4O2S. The number of thiophene rings is 1. The van der Waals surface area contributed by atoms with Gasteiger partial charge in [0, 0.05) is 4.88 Å². The summed E-state index contributed by atoms with van der Waals surface area (Å²) in [6.45, 7) is 3.88. The highest BCUT2D eigenvalue weighted by Crippen LogP contribution is 2.25. The summed E-state index contributed by atoms with van der Waals surface area (Å²) >= 11 is 1.48. The number of aromatic nitrogens is 2. The van der Waals surface area contributed by atoms with Gasteiger partial charge in [-0.2, -0.15) is 0 Å². The topological polar surface area (TPSA) is 104 Å². The van der Waals surface area contributed by atoms with Crippen LogP contribution in [0.1, 0.15) is 10.4 Å². The Morgan fingerprint density at radius 2 is 2.22 bits per heavy atom. The molecule has 2 rings (SSSR count). The molecule has 0 aromatic carbocycles. The standard InChI is InChI=1S/C11H14N4O2S/c1-5-6(2)18-10-8(5)11(17)15(4-14-10)3-7(12)9(13)16/h4,7H,3,12H2,1-2H3,(H2,13,16). The average molecular weight is 266 g/mol. The minimum absolute atomic E-state index is 0.0471. The van der Waals surface area contributed by atoms with Gasteiger partial charge in [-0.25, -0.2) is 4.98 Å². The summed E-state index contributed by atoms with van der Waals surface area (Å²) < 4.78 is 1.33. The molecule has 18 heavy (non-hydrogen) atoms. The highest BCUT2D eigenvalue weighted by atomic mass is 32.1. The lowest BCUT2D eigenvalue weighted by Crippen LogP contribution is -2.42. The van der Waals surface area contributed by atoms with E-state index in [9.17, 15) is 9.59 Å². The first-order valence-electron chi connectivity index (χ1n) is 5.42. The molecular weight excluding hydrogens is 252 g/mol. The van der Waals surface area contributed by atoms with Crippen LogP contribution in [-0.4, -0.2) is 21.5 Å². The highest BCUT2D eigenvalue weighted by Gasteiger charge is 2.15. The molecule has 0 saturated heterocycles. The Labute approximate surface area is 107 Å². The van der Waals surface area contributed by atoms with Gasteiger partial charge in [-0.1, -0.05) is 0 Å². The fourth-order valence-corrected chi connectivity index (χ4v) is 2.69. The summed E-state index contributed by atoms with van der Waals surface area (Å²) in [5.41, 5.74) is 11.4. The quantitative estimate of drug-likeness (QED) is 0.808. The van der Waals surface area contributed by atoms with E-state index in [1.165, 1.54) is 22.2 Å². The number of carbonyl (C=O) groups excluding carboxylic acids is 1. The van der Waals surface area contributed by atoms with Crippen molar-refractivity contribution in [3.63, 3.8) is 0 Å². The van der Waals surface area contributed by atoms with Crippen LogP contribution < -0.4 is 17.0 Å². The van der Waals surface area contributed by atoms with Crippen molar-refractivity contribution in [2.75, 3.05) is 0 Å². The molecule has 2 aromatic heterocycles. The van der Waals surface area contributed by atoms with Crippen LogP contribution in [0.4, 0.5) is 0 Å². The van der Waals surface area contributed by atoms with Gasteiger partial charge in [0.15, 0.2) is 0 Å². The zero-order valence-electron chi connectivity index (χ0n) is 10.1. The molecule has 1 atom stereocenters. The third-order valence-electron chi connectivity index (χ3n) is 2.91. The third-order valence-corrected chi connectivity index (χ3v) is 4.03. The van der Waals surface area contributed by atoms with E-state index in [1.807, 2.05) is 13.8 Å². The van der Waals surface area contributed by atoms with Gasteiger partial charge in [0.05, 0.1) is 18.3 Å². The van der Waals surface area contributed by atoms with Crippen molar-refractivity contribution in [3.05, 3.63) is 27.1 Å². The van der Waals surface area contributed by atoms with Gasteiger partial charge in [0.2, 0.25) is 5.91 Å². The first-order chi connectivity index (χ1) is 8.41. The van der Waals surface area contributed by atoms with Gasteiger partial charge in [-0.05, 0) is 19.4 Å². The Balaban J connectivity index is 2.54. The molecule has 0 bridgehead atoms. The molecule has 0 aliphatic rings. The number of hydrogen-bond donors (Lipinski definition) is 2. The smallest absolute Gasteiger partial charge is 0.262 e. The lowest BCUT2D eigenvalue weighted by atomic mass is 10.2. The number of nitrogens with two attached hydrogens (primary N) is 2. The Morgan fingerprint density at radius 3 is 2.83 bits per heavy atom. The Bertz CT molecular complexity index is 673. The molecule has 7 heteroatoms. The van der Waals surface area contributed by atoms with Crippen LogP contribution in [0.25, 0.3) is 10.2 Å². The highest BCUT2D eigenvalue weighted by molar-refractivity contribution is 7.18. The molecule has 0 spiro atoms. The monoisotopic (exact) mass is 266 g/mol. The van der Waals surface area contributed by atoms with Crippen LogP contribution in [0.3, 0.4) is 0 Å². The van der Waals surface area contributed by atoms with Gasteiger partial charge >= 0.3 is 0 Å². The Kier molecular flexibility index (Phi) is 3.18.